The summed E-state index contributed by atoms with van der Waals surface area (Å²) < 4.78 is 11.0. The number of rotatable bonds is 10. The highest BCUT2D eigenvalue weighted by Gasteiger charge is 2.46. The minimum absolute atomic E-state index is 0.225. The smallest absolute Gasteiger partial charge is 0.411 e. The van der Waals surface area contributed by atoms with E-state index in [2.05, 4.69) is 15.6 Å². The summed E-state index contributed by atoms with van der Waals surface area (Å²) >= 11 is 0. The maximum absolute atomic E-state index is 13.6. The van der Waals surface area contributed by atoms with E-state index < -0.39 is 18.2 Å². The van der Waals surface area contributed by atoms with Crippen molar-refractivity contribution in [1.82, 2.24) is 15.2 Å². The van der Waals surface area contributed by atoms with Gasteiger partial charge in [0.15, 0.2) is 12.1 Å². The molecule has 214 valence electrons. The van der Waals surface area contributed by atoms with Gasteiger partial charge in [-0.3, -0.25) is 19.5 Å². The van der Waals surface area contributed by atoms with Crippen LogP contribution < -0.4 is 15.4 Å². The summed E-state index contributed by atoms with van der Waals surface area (Å²) in [6.07, 6.45) is 0.864. The second-order valence-corrected chi connectivity index (χ2v) is 10.0. The van der Waals surface area contributed by atoms with Gasteiger partial charge in [-0.05, 0) is 60.5 Å². The molecule has 3 aromatic carbocycles. The van der Waals surface area contributed by atoms with E-state index >= 15 is 0 Å². The van der Waals surface area contributed by atoms with Crippen LogP contribution in [0.1, 0.15) is 38.8 Å². The average molecular weight is 565 g/mol. The first-order valence-corrected chi connectivity index (χ1v) is 13.7. The van der Waals surface area contributed by atoms with Gasteiger partial charge in [0.2, 0.25) is 5.91 Å². The molecule has 2 atom stereocenters. The Hall–Kier alpha value is -5.18. The zero-order valence-corrected chi connectivity index (χ0v) is 23.4. The number of aromatic nitrogens is 1. The molecule has 3 amide bonds. The molecule has 2 heterocycles. The number of aryl methyl sites for hydroxylation is 1. The van der Waals surface area contributed by atoms with Crippen LogP contribution in [0, 0.1) is 6.92 Å². The molecule has 1 aliphatic heterocycles. The number of methoxy groups -OCH3 is 1. The first-order chi connectivity index (χ1) is 20.4. The van der Waals surface area contributed by atoms with Gasteiger partial charge in [-0.1, -0.05) is 54.1 Å². The van der Waals surface area contributed by atoms with Crippen molar-refractivity contribution in [3.8, 4) is 5.75 Å². The van der Waals surface area contributed by atoms with E-state index in [4.69, 9.17) is 9.47 Å². The number of cyclic esters (lactones) is 1. The number of carbonyl (C=O) groups is 3. The van der Waals surface area contributed by atoms with Gasteiger partial charge in [0.1, 0.15) is 5.75 Å². The molecule has 0 saturated carbocycles. The lowest BCUT2D eigenvalue weighted by atomic mass is 10.00. The number of benzene rings is 3. The van der Waals surface area contributed by atoms with Crippen molar-refractivity contribution in [2.24, 2.45) is 0 Å². The fourth-order valence-electron chi connectivity index (χ4n) is 4.79. The first-order valence-electron chi connectivity index (χ1n) is 13.7. The summed E-state index contributed by atoms with van der Waals surface area (Å²) in [6.45, 7) is 2.58. The number of pyridine rings is 1. The molecule has 2 unspecified atom stereocenters. The van der Waals surface area contributed by atoms with Gasteiger partial charge >= 0.3 is 6.09 Å². The number of amides is 3. The van der Waals surface area contributed by atoms with Crippen LogP contribution in [-0.2, 0) is 22.5 Å². The standard InChI is InChI=1S/C33H32N4O5/c1-22-9-11-23(12-10-22)21-37-29(32(39)35-19-17-26-7-3-4-18-34-26)30(42-33(37)40)24-13-15-27(16-14-24)36-31(38)25-6-5-8-28(20-25)41-2/h3-16,18,20,29-30H,17,19,21H2,1-2H3,(H,35,39)(H,36,38). The van der Waals surface area contributed by atoms with Crippen molar-refractivity contribution in [3.05, 3.63) is 125 Å². The molecule has 4 aromatic rings. The van der Waals surface area contributed by atoms with Crippen LogP contribution >= 0.6 is 0 Å². The molecule has 42 heavy (non-hydrogen) atoms. The predicted octanol–water partition coefficient (Wildman–Crippen LogP) is 5.07. The summed E-state index contributed by atoms with van der Waals surface area (Å²) in [5, 5.41) is 5.82. The van der Waals surface area contributed by atoms with Crippen LogP contribution in [-0.4, -0.2) is 47.5 Å². The fraction of sp³-hybridized carbons (Fsp3) is 0.212. The van der Waals surface area contributed by atoms with E-state index in [1.165, 1.54) is 4.90 Å². The highest BCUT2D eigenvalue weighted by atomic mass is 16.6. The summed E-state index contributed by atoms with van der Waals surface area (Å²) in [5.74, 6) is -0.0201. The summed E-state index contributed by atoms with van der Waals surface area (Å²) in [6, 6.07) is 26.4. The molecule has 1 saturated heterocycles. The third-order valence-electron chi connectivity index (χ3n) is 7.06. The fourth-order valence-corrected chi connectivity index (χ4v) is 4.79. The van der Waals surface area contributed by atoms with E-state index in [0.717, 1.165) is 16.8 Å². The molecule has 5 rings (SSSR count). The van der Waals surface area contributed by atoms with E-state index in [-0.39, 0.29) is 18.4 Å². The average Bonchev–Trinajstić information content (AvgIpc) is 3.34. The summed E-state index contributed by atoms with van der Waals surface area (Å²) in [7, 11) is 1.54. The van der Waals surface area contributed by atoms with E-state index in [9.17, 15) is 14.4 Å². The number of nitrogens with one attached hydrogen (secondary N) is 2. The second kappa shape index (κ2) is 13.0. The molecule has 0 aliphatic carbocycles. The van der Waals surface area contributed by atoms with Crippen molar-refractivity contribution in [3.63, 3.8) is 0 Å². The van der Waals surface area contributed by atoms with Crippen LogP contribution in [0.5, 0.6) is 5.75 Å². The molecule has 0 spiro atoms. The van der Waals surface area contributed by atoms with Crippen LogP contribution in [0.2, 0.25) is 0 Å². The third-order valence-corrected chi connectivity index (χ3v) is 7.06. The monoisotopic (exact) mass is 564 g/mol. The molecule has 0 bridgehead atoms. The Kier molecular flexibility index (Phi) is 8.77. The molecule has 9 heteroatoms. The predicted molar refractivity (Wildman–Crippen MR) is 158 cm³/mol. The molecule has 1 aromatic heterocycles. The maximum Gasteiger partial charge on any atom is 0.411 e. The van der Waals surface area contributed by atoms with Gasteiger partial charge < -0.3 is 20.1 Å². The zero-order chi connectivity index (χ0) is 29.5. The molecule has 1 aliphatic rings. The van der Waals surface area contributed by atoms with Crippen LogP contribution in [0.3, 0.4) is 0 Å². The van der Waals surface area contributed by atoms with Gasteiger partial charge in [0.25, 0.3) is 5.91 Å². The van der Waals surface area contributed by atoms with Crippen molar-refractivity contribution in [2.75, 3.05) is 19.0 Å². The number of hydrogen-bond acceptors (Lipinski definition) is 6. The van der Waals surface area contributed by atoms with Crippen molar-refractivity contribution >= 4 is 23.6 Å². The SMILES string of the molecule is COc1cccc(C(=O)Nc2ccc(C3OC(=O)N(Cc4ccc(C)cc4)C3C(=O)NCCc3ccccn3)cc2)c1. The zero-order valence-electron chi connectivity index (χ0n) is 23.4. The van der Waals surface area contributed by atoms with Crippen LogP contribution in [0.4, 0.5) is 10.5 Å². The topological polar surface area (TPSA) is 110 Å². The molecule has 2 N–H and O–H groups in total. The quantitative estimate of drug-likeness (QED) is 0.278. The Labute approximate surface area is 244 Å². The van der Waals surface area contributed by atoms with Gasteiger partial charge in [0.05, 0.1) is 13.7 Å². The van der Waals surface area contributed by atoms with E-state index in [1.807, 2.05) is 49.4 Å². The highest BCUT2D eigenvalue weighted by Crippen LogP contribution is 2.34. The number of anilines is 1. The Morgan fingerprint density at radius 3 is 2.48 bits per heavy atom. The third kappa shape index (κ3) is 6.75. The Balaban J connectivity index is 1.33. The van der Waals surface area contributed by atoms with E-state index in [1.54, 1.807) is 61.8 Å². The molecule has 0 radical (unpaired) electrons. The lowest BCUT2D eigenvalue weighted by Crippen LogP contribution is -2.46. The lowest BCUT2D eigenvalue weighted by molar-refractivity contribution is -0.126. The number of hydrogen-bond donors (Lipinski definition) is 2. The van der Waals surface area contributed by atoms with Gasteiger partial charge in [-0.25, -0.2) is 4.79 Å². The summed E-state index contributed by atoms with van der Waals surface area (Å²) in [5.41, 5.74) is 4.50. The minimum atomic E-state index is -0.889. The molecule has 1 fully saturated rings. The number of nitrogens with zero attached hydrogens (tertiary/aromatic N) is 2. The van der Waals surface area contributed by atoms with Gasteiger partial charge in [0, 0.05) is 36.1 Å². The maximum atomic E-state index is 13.6. The normalized spacial score (nSPS) is 16.0. The Morgan fingerprint density at radius 2 is 1.76 bits per heavy atom. The summed E-state index contributed by atoms with van der Waals surface area (Å²) in [4.78, 5) is 45.2. The number of carbonyl (C=O) groups excluding carboxylic acids is 3. The largest absolute Gasteiger partial charge is 0.497 e. The lowest BCUT2D eigenvalue weighted by Gasteiger charge is -2.24. The number of ether oxygens (including phenoxy) is 2. The van der Waals surface area contributed by atoms with Gasteiger partial charge in [-0.15, -0.1) is 0 Å². The van der Waals surface area contributed by atoms with Crippen molar-refractivity contribution in [2.45, 2.75) is 32.0 Å². The second-order valence-electron chi connectivity index (χ2n) is 10.0. The van der Waals surface area contributed by atoms with Crippen molar-refractivity contribution < 1.29 is 23.9 Å². The minimum Gasteiger partial charge on any atom is -0.497 e. The van der Waals surface area contributed by atoms with Crippen molar-refractivity contribution in [1.29, 1.82) is 0 Å². The Morgan fingerprint density at radius 1 is 0.976 bits per heavy atom. The Bertz CT molecular complexity index is 1540. The molecular formula is C33H32N4O5. The highest BCUT2D eigenvalue weighted by molar-refractivity contribution is 6.04. The molecule has 9 nitrogen and oxygen atoms in total. The van der Waals surface area contributed by atoms with E-state index in [0.29, 0.717) is 35.5 Å². The first kappa shape index (κ1) is 28.4. The van der Waals surface area contributed by atoms with Crippen LogP contribution in [0.15, 0.2) is 97.2 Å². The molecular weight excluding hydrogens is 532 g/mol. The van der Waals surface area contributed by atoms with Crippen LogP contribution in [0.25, 0.3) is 0 Å². The van der Waals surface area contributed by atoms with Gasteiger partial charge in [-0.2, -0.15) is 0 Å².